The monoisotopic (exact) mass is 397 g/mol. The Kier molecular flexibility index (Phi) is 6.83. The van der Waals surface area contributed by atoms with Gasteiger partial charge >= 0.3 is 0 Å². The van der Waals surface area contributed by atoms with Gasteiger partial charge < -0.3 is 15.0 Å². The van der Waals surface area contributed by atoms with Crippen LogP contribution in [-0.2, 0) is 14.8 Å². The van der Waals surface area contributed by atoms with Crippen LogP contribution in [0.4, 0.5) is 0 Å². The fourth-order valence-corrected chi connectivity index (χ4v) is 4.38. The van der Waals surface area contributed by atoms with E-state index in [0.717, 1.165) is 6.42 Å². The molecular weight excluding hydrogens is 370 g/mol. The average molecular weight is 397 g/mol. The topological polar surface area (TPSA) is 105 Å². The van der Waals surface area contributed by atoms with E-state index >= 15 is 0 Å². The number of likely N-dealkylation sites (tertiary alicyclic amines) is 1. The molecule has 9 heteroatoms. The van der Waals surface area contributed by atoms with E-state index in [1.807, 2.05) is 13.8 Å². The molecule has 1 aliphatic rings. The van der Waals surface area contributed by atoms with E-state index in [1.165, 1.54) is 32.4 Å². The predicted octanol–water partition coefficient (Wildman–Crippen LogP) is 0.980. The lowest BCUT2D eigenvalue weighted by Gasteiger charge is -2.34. The van der Waals surface area contributed by atoms with Crippen LogP contribution in [-0.4, -0.2) is 58.4 Å². The molecule has 1 aromatic rings. The fourth-order valence-electron chi connectivity index (χ4n) is 3.09. The number of benzene rings is 1. The summed E-state index contributed by atoms with van der Waals surface area (Å²) in [6, 6.07) is 3.78. The Bertz CT molecular complexity index is 807. The zero-order valence-corrected chi connectivity index (χ0v) is 16.9. The van der Waals surface area contributed by atoms with Crippen molar-refractivity contribution < 1.29 is 22.7 Å². The fraction of sp³-hybridized carbons (Fsp3) is 0.556. The maximum absolute atomic E-state index is 12.8. The summed E-state index contributed by atoms with van der Waals surface area (Å²) in [6.45, 7) is 4.63. The first-order chi connectivity index (χ1) is 12.7. The zero-order valence-electron chi connectivity index (χ0n) is 16.1. The third-order valence-corrected chi connectivity index (χ3v) is 6.02. The van der Waals surface area contributed by atoms with E-state index in [4.69, 9.17) is 4.74 Å². The number of nitrogens with zero attached hydrogens (tertiary/aromatic N) is 1. The normalized spacial score (nSPS) is 17.7. The summed E-state index contributed by atoms with van der Waals surface area (Å²) in [5, 5.41) is 2.47. The molecule has 0 spiro atoms. The molecule has 0 radical (unpaired) electrons. The molecule has 27 heavy (non-hydrogen) atoms. The maximum atomic E-state index is 12.8. The summed E-state index contributed by atoms with van der Waals surface area (Å²) in [6.07, 6.45) is 1.39. The Balaban J connectivity index is 2.21. The number of hydrogen-bond acceptors (Lipinski definition) is 5. The van der Waals surface area contributed by atoms with Gasteiger partial charge in [0.25, 0.3) is 5.91 Å². The van der Waals surface area contributed by atoms with Crippen molar-refractivity contribution in [1.82, 2.24) is 14.9 Å². The molecule has 2 amide bonds. The number of rotatable bonds is 6. The highest BCUT2D eigenvalue weighted by Gasteiger charge is 2.29. The van der Waals surface area contributed by atoms with Crippen LogP contribution in [0.2, 0.25) is 0 Å². The minimum atomic E-state index is -3.84. The number of sulfonamides is 1. The van der Waals surface area contributed by atoms with Gasteiger partial charge in [0.15, 0.2) is 0 Å². The molecule has 0 bridgehead atoms. The number of carbonyl (C=O) groups excluding carboxylic acids is 2. The third-order valence-electron chi connectivity index (χ3n) is 4.50. The van der Waals surface area contributed by atoms with E-state index in [0.29, 0.717) is 25.3 Å². The maximum Gasteiger partial charge on any atom is 0.254 e. The van der Waals surface area contributed by atoms with E-state index in [2.05, 4.69) is 10.0 Å². The van der Waals surface area contributed by atoms with Gasteiger partial charge in [-0.25, -0.2) is 13.1 Å². The van der Waals surface area contributed by atoms with Crippen LogP contribution in [0.5, 0.6) is 5.75 Å². The molecule has 2 rings (SSSR count). The lowest BCUT2D eigenvalue weighted by Crippen LogP contribution is -2.50. The number of ether oxygens (including phenoxy) is 1. The van der Waals surface area contributed by atoms with E-state index in [9.17, 15) is 18.0 Å². The molecule has 1 unspecified atom stereocenters. The summed E-state index contributed by atoms with van der Waals surface area (Å²) in [7, 11) is -0.967. The second-order valence-electron chi connectivity index (χ2n) is 6.84. The van der Waals surface area contributed by atoms with Crippen LogP contribution in [0.25, 0.3) is 0 Å². The third kappa shape index (κ3) is 4.98. The van der Waals surface area contributed by atoms with Gasteiger partial charge in [0.1, 0.15) is 5.75 Å². The highest BCUT2D eigenvalue weighted by molar-refractivity contribution is 7.89. The molecule has 0 saturated carbocycles. The van der Waals surface area contributed by atoms with Crippen molar-refractivity contribution in [1.29, 1.82) is 0 Å². The van der Waals surface area contributed by atoms with Crippen LogP contribution >= 0.6 is 0 Å². The lowest BCUT2D eigenvalue weighted by molar-refractivity contribution is -0.135. The van der Waals surface area contributed by atoms with E-state index in [-0.39, 0.29) is 28.3 Å². The van der Waals surface area contributed by atoms with Crippen molar-refractivity contribution in [2.75, 3.05) is 27.2 Å². The van der Waals surface area contributed by atoms with Gasteiger partial charge in [-0.1, -0.05) is 13.8 Å². The molecular formula is C18H27N3O5S. The van der Waals surface area contributed by atoms with Gasteiger partial charge in [0.05, 0.1) is 17.6 Å². The zero-order chi connectivity index (χ0) is 20.2. The standard InChI is InChI=1S/C18H27N3O5S/c1-12(2)18(23)21-9-5-6-13(11-21)20-27(24,25)14-7-8-16(26-4)15(10-14)17(22)19-3/h7-8,10,12-13,20H,5-6,9,11H2,1-4H3,(H,19,22). The Morgan fingerprint density at radius 2 is 2.00 bits per heavy atom. The van der Waals surface area contributed by atoms with Crippen molar-refractivity contribution in [3.63, 3.8) is 0 Å². The van der Waals surface area contributed by atoms with Crippen LogP contribution in [0.1, 0.15) is 37.0 Å². The van der Waals surface area contributed by atoms with Gasteiger partial charge in [-0.15, -0.1) is 0 Å². The Labute approximate surface area is 160 Å². The van der Waals surface area contributed by atoms with E-state index in [1.54, 1.807) is 4.90 Å². The number of nitrogens with one attached hydrogen (secondary N) is 2. The SMILES string of the molecule is CNC(=O)c1cc(S(=O)(=O)NC2CCCN(C(=O)C(C)C)C2)ccc1OC. The van der Waals surface area contributed by atoms with Gasteiger partial charge in [-0.3, -0.25) is 9.59 Å². The largest absolute Gasteiger partial charge is 0.496 e. The molecule has 0 aromatic heterocycles. The molecule has 2 N–H and O–H groups in total. The number of piperidine rings is 1. The van der Waals surface area contributed by atoms with Crippen molar-refractivity contribution in [2.45, 2.75) is 37.6 Å². The summed E-state index contributed by atoms with van der Waals surface area (Å²) in [5.41, 5.74) is 0.142. The molecule has 8 nitrogen and oxygen atoms in total. The van der Waals surface area contributed by atoms with Gasteiger partial charge in [-0.2, -0.15) is 0 Å². The predicted molar refractivity (Wildman–Crippen MR) is 101 cm³/mol. The molecule has 1 fully saturated rings. The molecule has 150 valence electrons. The Morgan fingerprint density at radius 3 is 2.59 bits per heavy atom. The van der Waals surface area contributed by atoms with E-state index < -0.39 is 15.9 Å². The van der Waals surface area contributed by atoms with Crippen molar-refractivity contribution in [3.8, 4) is 5.75 Å². The number of methoxy groups -OCH3 is 1. The quantitative estimate of drug-likeness (QED) is 0.745. The van der Waals surface area contributed by atoms with Crippen LogP contribution < -0.4 is 14.8 Å². The minimum Gasteiger partial charge on any atom is -0.496 e. The first-order valence-corrected chi connectivity index (χ1v) is 10.4. The summed E-state index contributed by atoms with van der Waals surface area (Å²) in [5.74, 6) is -0.253. The first-order valence-electron chi connectivity index (χ1n) is 8.90. The summed E-state index contributed by atoms with van der Waals surface area (Å²) in [4.78, 5) is 25.9. The highest BCUT2D eigenvalue weighted by atomic mass is 32.2. The molecule has 1 aromatic carbocycles. The van der Waals surface area contributed by atoms with Gasteiger partial charge in [0, 0.05) is 32.1 Å². The Hall–Kier alpha value is -2.13. The first kappa shape index (κ1) is 21.2. The van der Waals surface area contributed by atoms with Crippen LogP contribution in [0, 0.1) is 5.92 Å². The second kappa shape index (κ2) is 8.71. The summed E-state index contributed by atoms with van der Waals surface area (Å²) >= 11 is 0. The second-order valence-corrected chi connectivity index (χ2v) is 8.55. The smallest absolute Gasteiger partial charge is 0.254 e. The van der Waals surface area contributed by atoms with Crippen LogP contribution in [0.15, 0.2) is 23.1 Å². The molecule has 0 aliphatic carbocycles. The van der Waals surface area contributed by atoms with Crippen molar-refractivity contribution in [2.24, 2.45) is 5.92 Å². The highest BCUT2D eigenvalue weighted by Crippen LogP contribution is 2.23. The van der Waals surface area contributed by atoms with Crippen LogP contribution in [0.3, 0.4) is 0 Å². The lowest BCUT2D eigenvalue weighted by atomic mass is 10.0. The molecule has 1 aliphatic heterocycles. The Morgan fingerprint density at radius 1 is 1.30 bits per heavy atom. The average Bonchev–Trinajstić information content (AvgIpc) is 2.65. The summed E-state index contributed by atoms with van der Waals surface area (Å²) < 4.78 is 33.4. The number of amides is 2. The molecule has 1 heterocycles. The minimum absolute atomic E-state index is 0.0187. The number of hydrogen-bond donors (Lipinski definition) is 2. The van der Waals surface area contributed by atoms with Gasteiger partial charge in [0.2, 0.25) is 15.9 Å². The van der Waals surface area contributed by atoms with Crippen molar-refractivity contribution >= 4 is 21.8 Å². The van der Waals surface area contributed by atoms with Crippen molar-refractivity contribution in [3.05, 3.63) is 23.8 Å². The molecule has 1 saturated heterocycles. The number of carbonyl (C=O) groups is 2. The molecule has 1 atom stereocenters. The van der Waals surface area contributed by atoms with Gasteiger partial charge in [-0.05, 0) is 31.0 Å².